The van der Waals surface area contributed by atoms with E-state index >= 15 is 0 Å². The van der Waals surface area contributed by atoms with Gasteiger partial charge in [-0.2, -0.15) is 0 Å². The third-order valence-electron chi connectivity index (χ3n) is 3.33. The maximum absolute atomic E-state index is 12.2. The molecule has 0 radical (unpaired) electrons. The number of rotatable bonds is 4. The number of carbonyl (C=O) groups is 1. The molecule has 2 N–H and O–H groups in total. The first-order chi connectivity index (χ1) is 9.24. The standard InChI is InChI=1S/C14H20N2O3/c1-18-11-3-4-12(13(9-11)19-2)14(17)16-10-5-7-15-8-6-10/h3-4,9-10,15H,5-8H2,1-2H3,(H,16,17). The average Bonchev–Trinajstić information content (AvgIpc) is 2.47. The van der Waals surface area contributed by atoms with Crippen LogP contribution >= 0.6 is 0 Å². The molecule has 0 aliphatic carbocycles. The summed E-state index contributed by atoms with van der Waals surface area (Å²) in [6, 6.07) is 5.45. The minimum Gasteiger partial charge on any atom is -0.497 e. The second-order valence-corrected chi connectivity index (χ2v) is 4.56. The molecule has 19 heavy (non-hydrogen) atoms. The van der Waals surface area contributed by atoms with Gasteiger partial charge in [-0.15, -0.1) is 0 Å². The highest BCUT2D eigenvalue weighted by atomic mass is 16.5. The lowest BCUT2D eigenvalue weighted by Gasteiger charge is -2.24. The van der Waals surface area contributed by atoms with Crippen molar-refractivity contribution < 1.29 is 14.3 Å². The van der Waals surface area contributed by atoms with E-state index in [0.29, 0.717) is 17.1 Å². The van der Waals surface area contributed by atoms with Gasteiger partial charge in [0, 0.05) is 12.1 Å². The molecule has 0 spiro atoms. The molecular weight excluding hydrogens is 244 g/mol. The molecule has 1 aliphatic heterocycles. The summed E-state index contributed by atoms with van der Waals surface area (Å²) in [6.07, 6.45) is 1.93. The Morgan fingerprint density at radius 1 is 1.26 bits per heavy atom. The molecular formula is C14H20N2O3. The molecule has 1 aromatic carbocycles. The van der Waals surface area contributed by atoms with E-state index in [1.165, 1.54) is 0 Å². The molecule has 1 saturated heterocycles. The second-order valence-electron chi connectivity index (χ2n) is 4.56. The van der Waals surface area contributed by atoms with Crippen molar-refractivity contribution in [3.05, 3.63) is 23.8 Å². The van der Waals surface area contributed by atoms with Gasteiger partial charge in [-0.1, -0.05) is 0 Å². The quantitative estimate of drug-likeness (QED) is 0.857. The van der Waals surface area contributed by atoms with E-state index in [4.69, 9.17) is 9.47 Å². The van der Waals surface area contributed by atoms with Crippen LogP contribution in [0.5, 0.6) is 11.5 Å². The Labute approximate surface area is 113 Å². The normalized spacial score (nSPS) is 15.9. The number of methoxy groups -OCH3 is 2. The van der Waals surface area contributed by atoms with E-state index < -0.39 is 0 Å². The highest BCUT2D eigenvalue weighted by Gasteiger charge is 2.19. The summed E-state index contributed by atoms with van der Waals surface area (Å²) in [5.74, 6) is 1.12. The Hall–Kier alpha value is -1.75. The molecule has 0 aromatic heterocycles. The average molecular weight is 264 g/mol. The minimum atomic E-state index is -0.0913. The van der Waals surface area contributed by atoms with Crippen LogP contribution in [0.4, 0.5) is 0 Å². The van der Waals surface area contributed by atoms with Crippen LogP contribution in [0, 0.1) is 0 Å². The number of hydrogen-bond donors (Lipinski definition) is 2. The molecule has 0 unspecified atom stereocenters. The van der Waals surface area contributed by atoms with Crippen molar-refractivity contribution in [2.24, 2.45) is 0 Å². The molecule has 2 rings (SSSR count). The van der Waals surface area contributed by atoms with Crippen molar-refractivity contribution in [1.82, 2.24) is 10.6 Å². The van der Waals surface area contributed by atoms with Crippen LogP contribution in [0.2, 0.25) is 0 Å². The Bertz CT molecular complexity index is 442. The van der Waals surface area contributed by atoms with Gasteiger partial charge in [0.25, 0.3) is 5.91 Å². The Morgan fingerprint density at radius 3 is 2.63 bits per heavy atom. The smallest absolute Gasteiger partial charge is 0.255 e. The monoisotopic (exact) mass is 264 g/mol. The van der Waals surface area contributed by atoms with Crippen LogP contribution in [-0.4, -0.2) is 39.3 Å². The molecule has 1 aliphatic rings. The van der Waals surface area contributed by atoms with Crippen molar-refractivity contribution in [2.45, 2.75) is 18.9 Å². The van der Waals surface area contributed by atoms with Gasteiger partial charge in [0.05, 0.1) is 19.8 Å². The zero-order chi connectivity index (χ0) is 13.7. The predicted octanol–water partition coefficient (Wildman–Crippen LogP) is 1.19. The van der Waals surface area contributed by atoms with Gasteiger partial charge in [0.15, 0.2) is 0 Å². The van der Waals surface area contributed by atoms with Crippen molar-refractivity contribution in [3.8, 4) is 11.5 Å². The topological polar surface area (TPSA) is 59.6 Å². The molecule has 0 atom stereocenters. The van der Waals surface area contributed by atoms with Crippen molar-refractivity contribution in [1.29, 1.82) is 0 Å². The van der Waals surface area contributed by atoms with E-state index in [1.54, 1.807) is 32.4 Å². The summed E-state index contributed by atoms with van der Waals surface area (Å²) in [7, 11) is 3.14. The van der Waals surface area contributed by atoms with Gasteiger partial charge < -0.3 is 20.1 Å². The summed E-state index contributed by atoms with van der Waals surface area (Å²) in [6.45, 7) is 1.90. The first-order valence-corrected chi connectivity index (χ1v) is 6.48. The second kappa shape index (κ2) is 6.43. The summed E-state index contributed by atoms with van der Waals surface area (Å²) in [4.78, 5) is 12.2. The maximum Gasteiger partial charge on any atom is 0.255 e. The molecule has 0 saturated carbocycles. The van der Waals surface area contributed by atoms with Gasteiger partial charge in [-0.05, 0) is 38.1 Å². The zero-order valence-corrected chi connectivity index (χ0v) is 11.4. The van der Waals surface area contributed by atoms with Gasteiger partial charge >= 0.3 is 0 Å². The number of nitrogens with one attached hydrogen (secondary N) is 2. The van der Waals surface area contributed by atoms with Gasteiger partial charge in [-0.3, -0.25) is 4.79 Å². The SMILES string of the molecule is COc1ccc(C(=O)NC2CCNCC2)c(OC)c1. The van der Waals surface area contributed by atoms with Crippen LogP contribution in [-0.2, 0) is 0 Å². The van der Waals surface area contributed by atoms with Crippen LogP contribution in [0.15, 0.2) is 18.2 Å². The molecule has 104 valence electrons. The molecule has 1 aromatic rings. The highest BCUT2D eigenvalue weighted by molar-refractivity contribution is 5.97. The van der Waals surface area contributed by atoms with Gasteiger partial charge in [0.1, 0.15) is 11.5 Å². The Balaban J connectivity index is 2.09. The molecule has 1 amide bonds. The lowest BCUT2D eigenvalue weighted by atomic mass is 10.1. The number of benzene rings is 1. The van der Waals surface area contributed by atoms with E-state index in [1.807, 2.05) is 0 Å². The first kappa shape index (κ1) is 13.7. The number of hydrogen-bond acceptors (Lipinski definition) is 4. The summed E-state index contributed by atoms with van der Waals surface area (Å²) < 4.78 is 10.4. The predicted molar refractivity (Wildman–Crippen MR) is 72.9 cm³/mol. The van der Waals surface area contributed by atoms with Crippen LogP contribution < -0.4 is 20.1 Å². The minimum absolute atomic E-state index is 0.0913. The molecule has 5 nitrogen and oxygen atoms in total. The third-order valence-corrected chi connectivity index (χ3v) is 3.33. The number of amides is 1. The fourth-order valence-corrected chi connectivity index (χ4v) is 2.22. The fourth-order valence-electron chi connectivity index (χ4n) is 2.22. The van der Waals surface area contributed by atoms with Gasteiger partial charge in [-0.25, -0.2) is 0 Å². The molecule has 0 bridgehead atoms. The third kappa shape index (κ3) is 3.38. The summed E-state index contributed by atoms with van der Waals surface area (Å²) >= 11 is 0. The molecule has 5 heteroatoms. The van der Waals surface area contributed by atoms with Crippen LogP contribution in [0.25, 0.3) is 0 Å². The van der Waals surface area contributed by atoms with Crippen molar-refractivity contribution >= 4 is 5.91 Å². The Kier molecular flexibility index (Phi) is 4.63. The number of ether oxygens (including phenoxy) is 2. The Morgan fingerprint density at radius 2 is 2.00 bits per heavy atom. The van der Waals surface area contributed by atoms with Crippen LogP contribution in [0.3, 0.4) is 0 Å². The van der Waals surface area contributed by atoms with Crippen molar-refractivity contribution in [3.63, 3.8) is 0 Å². The van der Waals surface area contributed by atoms with Crippen LogP contribution in [0.1, 0.15) is 23.2 Å². The van der Waals surface area contributed by atoms with Gasteiger partial charge in [0.2, 0.25) is 0 Å². The number of carbonyl (C=O) groups excluding carboxylic acids is 1. The van der Waals surface area contributed by atoms with Crippen molar-refractivity contribution in [2.75, 3.05) is 27.3 Å². The maximum atomic E-state index is 12.2. The van der Waals surface area contributed by atoms with E-state index in [9.17, 15) is 4.79 Å². The molecule has 1 heterocycles. The van der Waals surface area contributed by atoms with E-state index in [0.717, 1.165) is 25.9 Å². The highest BCUT2D eigenvalue weighted by Crippen LogP contribution is 2.24. The lowest BCUT2D eigenvalue weighted by molar-refractivity contribution is 0.0926. The van der Waals surface area contributed by atoms with E-state index in [2.05, 4.69) is 10.6 Å². The summed E-state index contributed by atoms with van der Waals surface area (Å²) in [5, 5.41) is 6.32. The summed E-state index contributed by atoms with van der Waals surface area (Å²) in [5.41, 5.74) is 0.543. The van der Waals surface area contributed by atoms with E-state index in [-0.39, 0.29) is 11.9 Å². The first-order valence-electron chi connectivity index (χ1n) is 6.48. The molecule has 1 fully saturated rings. The lowest BCUT2D eigenvalue weighted by Crippen LogP contribution is -2.42. The zero-order valence-electron chi connectivity index (χ0n) is 11.4. The fraction of sp³-hybridized carbons (Fsp3) is 0.500. The largest absolute Gasteiger partial charge is 0.497 e. The number of piperidine rings is 1.